The average Bonchev–Trinajstić information content (AvgIpc) is 2.33. The van der Waals surface area contributed by atoms with Gasteiger partial charge in [0.2, 0.25) is 0 Å². The number of amides is 2. The summed E-state index contributed by atoms with van der Waals surface area (Å²) in [7, 11) is 0. The van der Waals surface area contributed by atoms with Crippen molar-refractivity contribution in [1.29, 1.82) is 0 Å². The van der Waals surface area contributed by atoms with E-state index in [1.54, 1.807) is 42.5 Å². The zero-order chi connectivity index (χ0) is 13.8. The van der Waals surface area contributed by atoms with Crippen molar-refractivity contribution in [2.24, 2.45) is 0 Å². The van der Waals surface area contributed by atoms with Crippen molar-refractivity contribution in [3.8, 4) is 0 Å². The summed E-state index contributed by atoms with van der Waals surface area (Å²) in [6, 6.07) is 11.3. The minimum atomic E-state index is -0.406. The number of urea groups is 1. The van der Waals surface area contributed by atoms with Crippen LogP contribution in [0.5, 0.6) is 0 Å². The van der Waals surface area contributed by atoms with E-state index in [2.05, 4.69) is 10.6 Å². The van der Waals surface area contributed by atoms with E-state index < -0.39 is 6.03 Å². The first-order chi connectivity index (χ1) is 9.04. The second-order valence-corrected chi connectivity index (χ2v) is 4.69. The Balaban J connectivity index is 2.05. The number of rotatable bonds is 2. The summed E-state index contributed by atoms with van der Waals surface area (Å²) in [5.74, 6) is 0. The molecule has 0 fully saturated rings. The van der Waals surface area contributed by atoms with Crippen LogP contribution in [0.15, 0.2) is 42.5 Å². The molecule has 0 atom stereocenters. The van der Waals surface area contributed by atoms with Crippen LogP contribution in [0.4, 0.5) is 21.9 Å². The smallest absolute Gasteiger partial charge is 0.323 e. The third-order valence-electron chi connectivity index (χ3n) is 2.34. The highest BCUT2D eigenvalue weighted by Crippen LogP contribution is 2.23. The first-order valence-electron chi connectivity index (χ1n) is 5.43. The third kappa shape index (κ3) is 3.77. The van der Waals surface area contributed by atoms with E-state index in [0.717, 1.165) is 0 Å². The second-order valence-electron chi connectivity index (χ2n) is 3.82. The highest BCUT2D eigenvalue weighted by molar-refractivity contribution is 6.31. The van der Waals surface area contributed by atoms with Crippen molar-refractivity contribution < 1.29 is 4.79 Å². The van der Waals surface area contributed by atoms with Gasteiger partial charge in [0.15, 0.2) is 0 Å². The van der Waals surface area contributed by atoms with Gasteiger partial charge in [-0.2, -0.15) is 0 Å². The Kier molecular flexibility index (Phi) is 4.14. The quantitative estimate of drug-likeness (QED) is 0.726. The molecular formula is C13H11Cl2N3O. The number of nitrogen functional groups attached to an aromatic ring is 1. The van der Waals surface area contributed by atoms with Gasteiger partial charge in [-0.15, -0.1) is 0 Å². The SMILES string of the molecule is Nc1cc(Cl)ccc1NC(=O)Nc1cccc(Cl)c1. The molecule has 6 heteroatoms. The molecule has 0 heterocycles. The maximum Gasteiger partial charge on any atom is 0.323 e. The summed E-state index contributed by atoms with van der Waals surface area (Å²) < 4.78 is 0. The molecule has 2 amide bonds. The van der Waals surface area contributed by atoms with Crippen molar-refractivity contribution in [1.82, 2.24) is 0 Å². The Morgan fingerprint density at radius 3 is 2.42 bits per heavy atom. The minimum absolute atomic E-state index is 0.397. The van der Waals surface area contributed by atoms with Gasteiger partial charge < -0.3 is 16.4 Å². The minimum Gasteiger partial charge on any atom is -0.397 e. The molecule has 0 saturated heterocycles. The molecule has 19 heavy (non-hydrogen) atoms. The molecule has 0 aromatic heterocycles. The number of nitrogens with one attached hydrogen (secondary N) is 2. The van der Waals surface area contributed by atoms with Gasteiger partial charge in [-0.25, -0.2) is 4.79 Å². The highest BCUT2D eigenvalue weighted by Gasteiger charge is 2.06. The van der Waals surface area contributed by atoms with E-state index >= 15 is 0 Å². The molecule has 4 N–H and O–H groups in total. The van der Waals surface area contributed by atoms with Crippen LogP contribution in [-0.2, 0) is 0 Å². The number of hydrogen-bond acceptors (Lipinski definition) is 2. The van der Waals surface area contributed by atoms with Crippen LogP contribution in [0, 0.1) is 0 Å². The fraction of sp³-hybridized carbons (Fsp3) is 0. The Bertz CT molecular complexity index is 617. The summed E-state index contributed by atoms with van der Waals surface area (Å²) >= 11 is 11.6. The van der Waals surface area contributed by atoms with Crippen molar-refractivity contribution in [2.45, 2.75) is 0 Å². The summed E-state index contributed by atoms with van der Waals surface area (Å²) in [6.45, 7) is 0. The predicted molar refractivity (Wildman–Crippen MR) is 80.0 cm³/mol. The number of hydrogen-bond donors (Lipinski definition) is 3. The van der Waals surface area contributed by atoms with Crippen molar-refractivity contribution in [2.75, 3.05) is 16.4 Å². The molecular weight excluding hydrogens is 285 g/mol. The number of halogens is 2. The largest absolute Gasteiger partial charge is 0.397 e. The van der Waals surface area contributed by atoms with E-state index in [1.807, 2.05) is 0 Å². The zero-order valence-electron chi connectivity index (χ0n) is 9.78. The molecule has 0 saturated carbocycles. The molecule has 0 radical (unpaired) electrons. The fourth-order valence-corrected chi connectivity index (χ4v) is 1.87. The molecule has 4 nitrogen and oxygen atoms in total. The zero-order valence-corrected chi connectivity index (χ0v) is 11.3. The van der Waals surface area contributed by atoms with E-state index in [1.165, 1.54) is 0 Å². The van der Waals surface area contributed by atoms with E-state index in [9.17, 15) is 4.79 Å². The van der Waals surface area contributed by atoms with Crippen LogP contribution in [0.3, 0.4) is 0 Å². The molecule has 0 bridgehead atoms. The number of carbonyl (C=O) groups is 1. The van der Waals surface area contributed by atoms with Gasteiger partial charge in [-0.3, -0.25) is 0 Å². The number of carbonyl (C=O) groups excluding carboxylic acids is 1. The molecule has 0 aliphatic rings. The lowest BCUT2D eigenvalue weighted by Crippen LogP contribution is -2.20. The van der Waals surface area contributed by atoms with Crippen LogP contribution < -0.4 is 16.4 Å². The standard InChI is InChI=1S/C13H11Cl2N3O/c14-8-2-1-3-10(6-8)17-13(19)18-12-5-4-9(15)7-11(12)16/h1-7H,16H2,(H2,17,18,19). The van der Waals surface area contributed by atoms with Crippen LogP contribution in [0.1, 0.15) is 0 Å². The molecule has 98 valence electrons. The van der Waals surface area contributed by atoms with Gasteiger partial charge in [-0.05, 0) is 36.4 Å². The second kappa shape index (κ2) is 5.82. The first kappa shape index (κ1) is 13.5. The van der Waals surface area contributed by atoms with Crippen LogP contribution in [-0.4, -0.2) is 6.03 Å². The Morgan fingerprint density at radius 2 is 1.74 bits per heavy atom. The number of benzene rings is 2. The molecule has 0 aliphatic carbocycles. The molecule has 2 aromatic carbocycles. The number of anilines is 3. The Hall–Kier alpha value is -1.91. The average molecular weight is 296 g/mol. The Morgan fingerprint density at radius 1 is 1.00 bits per heavy atom. The topological polar surface area (TPSA) is 67.1 Å². The van der Waals surface area contributed by atoms with Gasteiger partial charge in [0.1, 0.15) is 0 Å². The van der Waals surface area contributed by atoms with Crippen LogP contribution >= 0.6 is 23.2 Å². The van der Waals surface area contributed by atoms with E-state index in [-0.39, 0.29) is 0 Å². The molecule has 2 rings (SSSR count). The van der Waals surface area contributed by atoms with Crippen molar-refractivity contribution in [3.63, 3.8) is 0 Å². The van der Waals surface area contributed by atoms with Gasteiger partial charge in [0.05, 0.1) is 11.4 Å². The lowest BCUT2D eigenvalue weighted by atomic mass is 10.2. The van der Waals surface area contributed by atoms with Crippen LogP contribution in [0.2, 0.25) is 10.0 Å². The lowest BCUT2D eigenvalue weighted by Gasteiger charge is -2.10. The maximum absolute atomic E-state index is 11.8. The predicted octanol–water partition coefficient (Wildman–Crippen LogP) is 4.22. The summed E-state index contributed by atoms with van der Waals surface area (Å²) in [5, 5.41) is 6.34. The van der Waals surface area contributed by atoms with Gasteiger partial charge >= 0.3 is 6.03 Å². The lowest BCUT2D eigenvalue weighted by molar-refractivity contribution is 0.262. The van der Waals surface area contributed by atoms with Gasteiger partial charge in [-0.1, -0.05) is 29.3 Å². The first-order valence-corrected chi connectivity index (χ1v) is 6.19. The molecule has 0 unspecified atom stereocenters. The summed E-state index contributed by atoms with van der Waals surface area (Å²) in [6.07, 6.45) is 0. The molecule has 0 spiro atoms. The van der Waals surface area contributed by atoms with Crippen molar-refractivity contribution >= 4 is 46.3 Å². The van der Waals surface area contributed by atoms with Gasteiger partial charge in [0.25, 0.3) is 0 Å². The maximum atomic E-state index is 11.8. The fourth-order valence-electron chi connectivity index (χ4n) is 1.50. The van der Waals surface area contributed by atoms with E-state index in [0.29, 0.717) is 27.1 Å². The summed E-state index contributed by atoms with van der Waals surface area (Å²) in [4.78, 5) is 11.8. The number of nitrogens with two attached hydrogens (primary N) is 1. The highest BCUT2D eigenvalue weighted by atomic mass is 35.5. The van der Waals surface area contributed by atoms with Crippen LogP contribution in [0.25, 0.3) is 0 Å². The normalized spacial score (nSPS) is 10.0. The molecule has 0 aliphatic heterocycles. The van der Waals surface area contributed by atoms with Gasteiger partial charge in [0, 0.05) is 15.7 Å². The Labute approximate surface area is 120 Å². The van der Waals surface area contributed by atoms with E-state index in [4.69, 9.17) is 28.9 Å². The van der Waals surface area contributed by atoms with Crippen molar-refractivity contribution in [3.05, 3.63) is 52.5 Å². The molecule has 2 aromatic rings. The third-order valence-corrected chi connectivity index (χ3v) is 2.81. The monoisotopic (exact) mass is 295 g/mol. The summed E-state index contributed by atoms with van der Waals surface area (Å²) in [5.41, 5.74) is 7.22.